The Morgan fingerprint density at radius 3 is 2.63 bits per heavy atom. The van der Waals surface area contributed by atoms with Gasteiger partial charge in [0.15, 0.2) is 5.82 Å². The molecule has 7 nitrogen and oxygen atoms in total. The average molecular weight is 284 g/mol. The van der Waals surface area contributed by atoms with Gasteiger partial charge in [0.2, 0.25) is 11.1 Å². The van der Waals surface area contributed by atoms with Crippen molar-refractivity contribution in [2.75, 3.05) is 5.32 Å². The molecule has 0 amide bonds. The second kappa shape index (κ2) is 5.11. The molecule has 0 aliphatic rings. The monoisotopic (exact) mass is 283 g/mol. The lowest BCUT2D eigenvalue weighted by molar-refractivity contribution is -0.384. The molecule has 19 heavy (non-hydrogen) atoms. The van der Waals surface area contributed by atoms with E-state index in [2.05, 4.69) is 20.3 Å². The molecule has 0 aliphatic heterocycles. The van der Waals surface area contributed by atoms with Crippen molar-refractivity contribution >= 4 is 28.9 Å². The van der Waals surface area contributed by atoms with E-state index in [1.807, 2.05) is 0 Å². The molecule has 0 fully saturated rings. The van der Waals surface area contributed by atoms with Gasteiger partial charge in [-0.15, -0.1) is 0 Å². The van der Waals surface area contributed by atoms with Gasteiger partial charge in [0.05, 0.1) is 17.3 Å². The lowest BCUT2D eigenvalue weighted by atomic mass is 10.3. The third-order valence-corrected chi connectivity index (χ3v) is 2.39. The number of hydrogen-bond donors (Lipinski definition) is 1. The van der Waals surface area contributed by atoms with E-state index in [-0.39, 0.29) is 22.5 Å². The zero-order chi connectivity index (χ0) is 14.0. The molecule has 0 bridgehead atoms. The topological polar surface area (TPSA) is 93.8 Å². The number of anilines is 2. The molecular formula is C10H7ClFN5O2. The minimum atomic E-state index is -0.666. The maximum atomic E-state index is 12.7. The van der Waals surface area contributed by atoms with Gasteiger partial charge in [-0.05, 0) is 13.0 Å². The van der Waals surface area contributed by atoms with Crippen LogP contribution in [-0.4, -0.2) is 19.9 Å². The summed E-state index contributed by atoms with van der Waals surface area (Å²) in [4.78, 5) is 21.4. The fourth-order valence-corrected chi connectivity index (χ4v) is 1.70. The van der Waals surface area contributed by atoms with Gasteiger partial charge in [-0.25, -0.2) is 19.3 Å². The van der Waals surface area contributed by atoms with Crippen LogP contribution in [0.15, 0.2) is 18.5 Å². The second-order valence-corrected chi connectivity index (χ2v) is 3.92. The number of rotatable bonds is 3. The highest BCUT2D eigenvalue weighted by atomic mass is 35.5. The molecule has 0 atom stereocenters. The molecule has 0 saturated carbocycles. The molecule has 2 aromatic rings. The van der Waals surface area contributed by atoms with E-state index >= 15 is 0 Å². The molecule has 0 aliphatic carbocycles. The van der Waals surface area contributed by atoms with Gasteiger partial charge in [0.25, 0.3) is 0 Å². The quantitative estimate of drug-likeness (QED) is 0.528. The Hall–Kier alpha value is -2.35. The Morgan fingerprint density at radius 2 is 2.05 bits per heavy atom. The zero-order valence-electron chi connectivity index (χ0n) is 9.59. The SMILES string of the molecule is Cc1cc(Nc2ncc(F)cn2)c([N+](=O)[O-])c(Cl)n1. The van der Waals surface area contributed by atoms with Crippen LogP contribution in [0.3, 0.4) is 0 Å². The highest BCUT2D eigenvalue weighted by Gasteiger charge is 2.21. The number of hydrogen-bond acceptors (Lipinski definition) is 6. The highest BCUT2D eigenvalue weighted by Crippen LogP contribution is 2.32. The summed E-state index contributed by atoms with van der Waals surface area (Å²) >= 11 is 5.73. The van der Waals surface area contributed by atoms with Gasteiger partial charge in [0, 0.05) is 5.69 Å². The van der Waals surface area contributed by atoms with E-state index in [1.54, 1.807) is 6.92 Å². The van der Waals surface area contributed by atoms with Gasteiger partial charge in [0.1, 0.15) is 5.69 Å². The summed E-state index contributed by atoms with van der Waals surface area (Å²) in [5.74, 6) is -0.588. The number of pyridine rings is 1. The van der Waals surface area contributed by atoms with Crippen LogP contribution >= 0.6 is 11.6 Å². The van der Waals surface area contributed by atoms with Crippen LogP contribution in [0.4, 0.5) is 21.7 Å². The molecule has 0 saturated heterocycles. The van der Waals surface area contributed by atoms with Crippen LogP contribution in [0, 0.1) is 22.9 Å². The molecule has 2 aromatic heterocycles. The number of nitrogens with one attached hydrogen (secondary N) is 1. The Balaban J connectivity index is 2.44. The lowest BCUT2D eigenvalue weighted by Gasteiger charge is -2.07. The summed E-state index contributed by atoms with van der Waals surface area (Å²) in [6.45, 7) is 1.63. The Kier molecular flexibility index (Phi) is 3.52. The van der Waals surface area contributed by atoms with E-state index in [4.69, 9.17) is 11.6 Å². The predicted molar refractivity (Wildman–Crippen MR) is 65.9 cm³/mol. The molecule has 0 aromatic carbocycles. The molecule has 2 heterocycles. The zero-order valence-corrected chi connectivity index (χ0v) is 10.3. The number of aryl methyl sites for hydroxylation is 1. The second-order valence-electron chi connectivity index (χ2n) is 3.56. The maximum Gasteiger partial charge on any atom is 0.329 e. The molecule has 0 radical (unpaired) electrons. The first kappa shape index (κ1) is 13.1. The van der Waals surface area contributed by atoms with E-state index in [1.165, 1.54) is 6.07 Å². The van der Waals surface area contributed by atoms with E-state index in [0.717, 1.165) is 12.4 Å². The van der Waals surface area contributed by atoms with Crippen molar-refractivity contribution in [2.24, 2.45) is 0 Å². The Bertz CT molecular complexity index is 635. The van der Waals surface area contributed by atoms with Gasteiger partial charge >= 0.3 is 5.69 Å². The van der Waals surface area contributed by atoms with E-state index in [0.29, 0.717) is 5.69 Å². The van der Waals surface area contributed by atoms with Gasteiger partial charge < -0.3 is 5.32 Å². The van der Waals surface area contributed by atoms with Crippen LogP contribution in [-0.2, 0) is 0 Å². The smallest absolute Gasteiger partial charge is 0.318 e. The predicted octanol–water partition coefficient (Wildman–Crippen LogP) is 2.62. The molecule has 98 valence electrons. The Morgan fingerprint density at radius 1 is 1.42 bits per heavy atom. The summed E-state index contributed by atoms with van der Waals surface area (Å²) in [6, 6.07) is 1.43. The highest BCUT2D eigenvalue weighted by molar-refractivity contribution is 6.32. The number of nitrogens with zero attached hydrogens (tertiary/aromatic N) is 4. The fraction of sp³-hybridized carbons (Fsp3) is 0.100. The standard InChI is InChI=1S/C10H7ClFN5O2/c1-5-2-7(8(17(18)19)9(11)15-5)16-10-13-3-6(12)4-14-10/h2-4H,1H3,(H,13,14,15,16). The summed E-state index contributed by atoms with van der Waals surface area (Å²) in [5, 5.41) is 13.3. The van der Waals surface area contributed by atoms with Crippen molar-refractivity contribution < 1.29 is 9.31 Å². The average Bonchev–Trinajstić information content (AvgIpc) is 2.30. The minimum Gasteiger partial charge on any atom is -0.318 e. The van der Waals surface area contributed by atoms with Crippen LogP contribution in [0.2, 0.25) is 5.15 Å². The first-order valence-corrected chi connectivity index (χ1v) is 5.41. The van der Waals surface area contributed by atoms with E-state index in [9.17, 15) is 14.5 Å². The fourth-order valence-electron chi connectivity index (χ4n) is 1.39. The van der Waals surface area contributed by atoms with Crippen molar-refractivity contribution in [2.45, 2.75) is 6.92 Å². The largest absolute Gasteiger partial charge is 0.329 e. The number of nitro groups is 1. The van der Waals surface area contributed by atoms with Crippen molar-refractivity contribution in [1.82, 2.24) is 15.0 Å². The summed E-state index contributed by atoms with van der Waals surface area (Å²) < 4.78 is 12.7. The molecule has 9 heteroatoms. The van der Waals surface area contributed by atoms with Gasteiger partial charge in [-0.2, -0.15) is 0 Å². The summed E-state index contributed by atoms with van der Waals surface area (Å²) in [7, 11) is 0. The first-order chi connectivity index (χ1) is 8.97. The molecule has 0 spiro atoms. The third kappa shape index (κ3) is 2.91. The van der Waals surface area contributed by atoms with Gasteiger partial charge in [-0.3, -0.25) is 10.1 Å². The number of aromatic nitrogens is 3. The van der Waals surface area contributed by atoms with Crippen LogP contribution in [0.1, 0.15) is 5.69 Å². The van der Waals surface area contributed by atoms with Crippen LogP contribution in [0.25, 0.3) is 0 Å². The normalized spacial score (nSPS) is 10.3. The van der Waals surface area contributed by atoms with Crippen molar-refractivity contribution in [3.8, 4) is 0 Å². The van der Waals surface area contributed by atoms with Gasteiger partial charge in [-0.1, -0.05) is 11.6 Å². The van der Waals surface area contributed by atoms with Crippen molar-refractivity contribution in [1.29, 1.82) is 0 Å². The third-order valence-electron chi connectivity index (χ3n) is 2.13. The van der Waals surface area contributed by atoms with Crippen LogP contribution < -0.4 is 5.32 Å². The molecule has 1 N–H and O–H groups in total. The maximum absolute atomic E-state index is 12.7. The Labute approximate surface area is 111 Å². The number of halogens is 2. The van der Waals surface area contributed by atoms with Crippen molar-refractivity contribution in [3.05, 3.63) is 45.2 Å². The minimum absolute atomic E-state index is 0.0196. The molecular weight excluding hydrogens is 277 g/mol. The molecule has 0 unspecified atom stereocenters. The van der Waals surface area contributed by atoms with Crippen LogP contribution in [0.5, 0.6) is 0 Å². The van der Waals surface area contributed by atoms with Crippen molar-refractivity contribution in [3.63, 3.8) is 0 Å². The van der Waals surface area contributed by atoms with E-state index < -0.39 is 10.7 Å². The summed E-state index contributed by atoms with van der Waals surface area (Å²) in [5.41, 5.74) is 0.189. The summed E-state index contributed by atoms with van der Waals surface area (Å²) in [6.07, 6.45) is 1.88. The molecule has 2 rings (SSSR count). The lowest BCUT2D eigenvalue weighted by Crippen LogP contribution is -2.03. The first-order valence-electron chi connectivity index (χ1n) is 5.03.